The number of fused-ring (bicyclic) bond motifs is 1. The fourth-order valence-corrected chi connectivity index (χ4v) is 2.28. The van der Waals surface area contributed by atoms with Gasteiger partial charge in [0.1, 0.15) is 6.61 Å². The summed E-state index contributed by atoms with van der Waals surface area (Å²) in [5.41, 5.74) is 1.03. The quantitative estimate of drug-likeness (QED) is 0.783. The van der Waals surface area contributed by atoms with Gasteiger partial charge in [0.15, 0.2) is 0 Å². The first-order chi connectivity index (χ1) is 8.33. The number of benzene rings is 1. The van der Waals surface area contributed by atoms with E-state index in [1.54, 1.807) is 4.90 Å². The molecule has 2 aliphatic rings. The predicted molar refractivity (Wildman–Crippen MR) is 63.5 cm³/mol. The summed E-state index contributed by atoms with van der Waals surface area (Å²) < 4.78 is 5.29. The Labute approximate surface area is 101 Å². The molecule has 1 aromatic rings. The lowest BCUT2D eigenvalue weighted by molar-refractivity contribution is 0.0927. The van der Waals surface area contributed by atoms with Gasteiger partial charge in [0.25, 0.3) is 0 Å². The molecule has 0 radical (unpaired) electrons. The van der Waals surface area contributed by atoms with Gasteiger partial charge in [0.2, 0.25) is 0 Å². The second-order valence-corrected chi connectivity index (χ2v) is 4.65. The molecule has 4 heteroatoms. The monoisotopic (exact) mass is 232 g/mol. The van der Waals surface area contributed by atoms with Gasteiger partial charge in [-0.25, -0.2) is 4.79 Å². The number of piperidine rings is 1. The van der Waals surface area contributed by atoms with E-state index in [-0.39, 0.29) is 6.09 Å². The molecule has 2 heterocycles. The molecule has 1 amide bonds. The lowest BCUT2D eigenvalue weighted by atomic mass is 10.1. The average molecular weight is 232 g/mol. The second kappa shape index (κ2) is 4.37. The molecule has 3 rings (SSSR count). The Hall–Kier alpha value is -1.55. The summed E-state index contributed by atoms with van der Waals surface area (Å²) in [6.45, 7) is 1.96. The molecule has 4 nitrogen and oxygen atoms in total. The van der Waals surface area contributed by atoms with Crippen LogP contribution in [0.2, 0.25) is 0 Å². The van der Waals surface area contributed by atoms with Crippen LogP contribution in [0.15, 0.2) is 30.3 Å². The summed E-state index contributed by atoms with van der Waals surface area (Å²) in [5.74, 6) is 0. The fourth-order valence-electron chi connectivity index (χ4n) is 2.28. The number of carbonyl (C=O) groups excluding carboxylic acids is 1. The van der Waals surface area contributed by atoms with Crippen LogP contribution in [0.5, 0.6) is 0 Å². The Bertz CT molecular complexity index is 407. The maximum absolute atomic E-state index is 11.8. The Kier molecular flexibility index (Phi) is 2.73. The summed E-state index contributed by atoms with van der Waals surface area (Å²) in [6, 6.07) is 10.9. The van der Waals surface area contributed by atoms with E-state index in [0.29, 0.717) is 18.7 Å². The third-order valence-electron chi connectivity index (χ3n) is 3.40. The Morgan fingerprint density at radius 3 is 2.94 bits per heavy atom. The van der Waals surface area contributed by atoms with Crippen LogP contribution in [-0.4, -0.2) is 36.2 Å². The van der Waals surface area contributed by atoms with E-state index < -0.39 is 0 Å². The highest BCUT2D eigenvalue weighted by Crippen LogP contribution is 2.22. The number of hydrogen-bond donors (Lipinski definition) is 1. The molecule has 17 heavy (non-hydrogen) atoms. The van der Waals surface area contributed by atoms with Crippen LogP contribution in [0.3, 0.4) is 0 Å². The highest BCUT2D eigenvalue weighted by molar-refractivity contribution is 5.68. The van der Waals surface area contributed by atoms with Gasteiger partial charge < -0.3 is 15.0 Å². The van der Waals surface area contributed by atoms with Crippen molar-refractivity contribution in [3.05, 3.63) is 35.9 Å². The highest BCUT2D eigenvalue weighted by Gasteiger charge is 2.42. The maximum Gasteiger partial charge on any atom is 0.410 e. The zero-order valence-corrected chi connectivity index (χ0v) is 9.63. The minimum Gasteiger partial charge on any atom is -0.445 e. The Morgan fingerprint density at radius 1 is 1.35 bits per heavy atom. The van der Waals surface area contributed by atoms with Gasteiger partial charge in [0.05, 0.1) is 0 Å². The molecule has 0 bridgehead atoms. The number of nitrogens with zero attached hydrogens (tertiary/aromatic N) is 1. The summed E-state index contributed by atoms with van der Waals surface area (Å²) in [7, 11) is 0. The molecule has 0 aromatic heterocycles. The summed E-state index contributed by atoms with van der Waals surface area (Å²) in [4.78, 5) is 13.6. The van der Waals surface area contributed by atoms with Crippen LogP contribution in [0.4, 0.5) is 4.79 Å². The lowest BCUT2D eigenvalue weighted by Gasteiger charge is -2.24. The molecule has 1 aromatic carbocycles. The van der Waals surface area contributed by atoms with Crippen LogP contribution >= 0.6 is 0 Å². The van der Waals surface area contributed by atoms with Crippen LogP contribution < -0.4 is 5.32 Å². The molecule has 2 saturated heterocycles. The van der Waals surface area contributed by atoms with Crippen LogP contribution in [-0.2, 0) is 11.3 Å². The summed E-state index contributed by atoms with van der Waals surface area (Å²) >= 11 is 0. The second-order valence-electron chi connectivity index (χ2n) is 4.65. The van der Waals surface area contributed by atoms with E-state index in [0.717, 1.165) is 25.1 Å². The molecule has 2 atom stereocenters. The summed E-state index contributed by atoms with van der Waals surface area (Å²) in [6.07, 6.45) is 0.853. The fraction of sp³-hybridized carbons (Fsp3) is 0.462. The van der Waals surface area contributed by atoms with Crippen LogP contribution in [0.25, 0.3) is 0 Å². The number of likely N-dealkylation sites (tertiary alicyclic amines) is 1. The molecule has 0 aliphatic carbocycles. The average Bonchev–Trinajstić information content (AvgIpc) is 3.15. The molecule has 2 aliphatic heterocycles. The zero-order chi connectivity index (χ0) is 11.7. The standard InChI is InChI=1S/C13H16N2O2/c16-13(15-7-6-11-12(8-15)14-11)17-9-10-4-2-1-3-5-10/h1-5,11-12,14H,6-9H2/t11-,12-/m1/s1. The van der Waals surface area contributed by atoms with Gasteiger partial charge in [-0.2, -0.15) is 0 Å². The molecule has 0 unspecified atom stereocenters. The van der Waals surface area contributed by atoms with Gasteiger partial charge in [-0.15, -0.1) is 0 Å². The first-order valence-electron chi connectivity index (χ1n) is 6.04. The molecule has 2 fully saturated rings. The Morgan fingerprint density at radius 2 is 2.18 bits per heavy atom. The minimum absolute atomic E-state index is 0.194. The third-order valence-corrected chi connectivity index (χ3v) is 3.40. The van der Waals surface area contributed by atoms with Crippen molar-refractivity contribution in [3.63, 3.8) is 0 Å². The van der Waals surface area contributed by atoms with Crippen molar-refractivity contribution < 1.29 is 9.53 Å². The number of hydrogen-bond acceptors (Lipinski definition) is 3. The van der Waals surface area contributed by atoms with Gasteiger partial charge in [0, 0.05) is 25.2 Å². The van der Waals surface area contributed by atoms with Crippen LogP contribution in [0, 0.1) is 0 Å². The summed E-state index contributed by atoms with van der Waals surface area (Å²) in [5, 5.41) is 3.34. The van der Waals surface area contributed by atoms with Crippen molar-refractivity contribution >= 4 is 6.09 Å². The van der Waals surface area contributed by atoms with Crippen molar-refractivity contribution in [2.75, 3.05) is 13.1 Å². The number of carbonyl (C=O) groups is 1. The number of rotatable bonds is 2. The molecule has 1 N–H and O–H groups in total. The molecular formula is C13H16N2O2. The lowest BCUT2D eigenvalue weighted by Crippen LogP contribution is -2.39. The normalized spacial score (nSPS) is 26.2. The smallest absolute Gasteiger partial charge is 0.410 e. The third kappa shape index (κ3) is 2.42. The molecule has 0 spiro atoms. The maximum atomic E-state index is 11.8. The topological polar surface area (TPSA) is 51.5 Å². The molecule has 0 saturated carbocycles. The first-order valence-corrected chi connectivity index (χ1v) is 6.04. The van der Waals surface area contributed by atoms with Crippen molar-refractivity contribution in [2.45, 2.75) is 25.1 Å². The Balaban J connectivity index is 1.50. The minimum atomic E-state index is -0.194. The van der Waals surface area contributed by atoms with Crippen molar-refractivity contribution in [1.29, 1.82) is 0 Å². The van der Waals surface area contributed by atoms with Crippen LogP contribution in [0.1, 0.15) is 12.0 Å². The SMILES string of the molecule is O=C(OCc1ccccc1)N1CC[C@H]2N[C@@H]2C1. The number of nitrogens with one attached hydrogen (secondary N) is 1. The molecule has 90 valence electrons. The van der Waals surface area contributed by atoms with Crippen molar-refractivity contribution in [3.8, 4) is 0 Å². The van der Waals surface area contributed by atoms with Gasteiger partial charge in [-0.05, 0) is 12.0 Å². The van der Waals surface area contributed by atoms with E-state index in [1.807, 2.05) is 30.3 Å². The van der Waals surface area contributed by atoms with Gasteiger partial charge in [-0.1, -0.05) is 30.3 Å². The number of amides is 1. The van der Waals surface area contributed by atoms with E-state index >= 15 is 0 Å². The van der Waals surface area contributed by atoms with E-state index in [1.165, 1.54) is 0 Å². The largest absolute Gasteiger partial charge is 0.445 e. The van der Waals surface area contributed by atoms with Crippen molar-refractivity contribution in [1.82, 2.24) is 10.2 Å². The van der Waals surface area contributed by atoms with E-state index in [9.17, 15) is 4.79 Å². The molecular weight excluding hydrogens is 216 g/mol. The predicted octanol–water partition coefficient (Wildman–Crippen LogP) is 1.37. The zero-order valence-electron chi connectivity index (χ0n) is 9.63. The van der Waals surface area contributed by atoms with E-state index in [4.69, 9.17) is 4.74 Å². The van der Waals surface area contributed by atoms with Crippen molar-refractivity contribution in [2.24, 2.45) is 0 Å². The number of ether oxygens (including phenoxy) is 1. The highest BCUT2D eigenvalue weighted by atomic mass is 16.6. The van der Waals surface area contributed by atoms with Gasteiger partial charge >= 0.3 is 6.09 Å². The first kappa shape index (κ1) is 10.6. The van der Waals surface area contributed by atoms with Gasteiger partial charge in [-0.3, -0.25) is 0 Å². The van der Waals surface area contributed by atoms with E-state index in [2.05, 4.69) is 5.32 Å².